The quantitative estimate of drug-likeness (QED) is 0.305. The third kappa shape index (κ3) is 4.53. The SMILES string of the molecule is CCCCCSc1n[n+]2c(c(=O)[nH]1)-c1ccccc1N(C(C)=O)[C@H]2c1ccccc1OCC. The highest BCUT2D eigenvalue weighted by Gasteiger charge is 2.46. The Labute approximate surface area is 197 Å². The van der Waals surface area contributed by atoms with Gasteiger partial charge in [-0.2, -0.15) is 0 Å². The largest absolute Gasteiger partial charge is 0.493 e. The van der Waals surface area contributed by atoms with Crippen LogP contribution in [0.1, 0.15) is 51.8 Å². The Hall–Kier alpha value is -3.13. The van der Waals surface area contributed by atoms with Crippen molar-refractivity contribution in [3.05, 3.63) is 64.4 Å². The molecule has 3 aromatic rings. The molecule has 2 heterocycles. The number of amides is 1. The van der Waals surface area contributed by atoms with E-state index in [4.69, 9.17) is 9.84 Å². The number of anilines is 1. The Morgan fingerprint density at radius 3 is 2.67 bits per heavy atom. The predicted molar refractivity (Wildman–Crippen MR) is 130 cm³/mol. The van der Waals surface area contributed by atoms with Crippen molar-refractivity contribution in [2.45, 2.75) is 51.4 Å². The fourth-order valence-electron chi connectivity index (χ4n) is 4.16. The summed E-state index contributed by atoms with van der Waals surface area (Å²) < 4.78 is 7.59. The molecule has 1 aromatic heterocycles. The molecular formula is C25H29N4O3S+. The first-order chi connectivity index (χ1) is 16.1. The van der Waals surface area contributed by atoms with Crippen molar-refractivity contribution in [1.29, 1.82) is 0 Å². The summed E-state index contributed by atoms with van der Waals surface area (Å²) >= 11 is 1.53. The van der Waals surface area contributed by atoms with Gasteiger partial charge in [0.25, 0.3) is 6.17 Å². The number of aromatic amines is 1. The van der Waals surface area contributed by atoms with Gasteiger partial charge >= 0.3 is 11.3 Å². The van der Waals surface area contributed by atoms with E-state index >= 15 is 0 Å². The van der Waals surface area contributed by atoms with Gasteiger partial charge in [-0.1, -0.05) is 55.8 Å². The smallest absolute Gasteiger partial charge is 0.325 e. The minimum Gasteiger partial charge on any atom is -0.493 e. The molecule has 0 aliphatic carbocycles. The molecule has 0 saturated carbocycles. The number of thioether (sulfide) groups is 1. The number of para-hydroxylation sites is 2. The number of H-pyrrole nitrogens is 1. The van der Waals surface area contributed by atoms with Gasteiger partial charge in [-0.25, -0.2) is 4.90 Å². The number of nitrogens with one attached hydrogen (secondary N) is 1. The lowest BCUT2D eigenvalue weighted by Crippen LogP contribution is -2.60. The molecule has 1 amide bonds. The number of aromatic nitrogens is 3. The van der Waals surface area contributed by atoms with Gasteiger partial charge in [0.1, 0.15) is 5.75 Å². The average Bonchev–Trinajstić information content (AvgIpc) is 2.81. The zero-order valence-corrected chi connectivity index (χ0v) is 20.0. The number of unbranched alkanes of at least 4 members (excludes halogenated alkanes) is 2. The first-order valence-electron chi connectivity index (χ1n) is 11.4. The number of hydrogen-bond acceptors (Lipinski definition) is 5. The first kappa shape index (κ1) is 23.0. The molecule has 33 heavy (non-hydrogen) atoms. The van der Waals surface area contributed by atoms with Crippen molar-refractivity contribution < 1.29 is 14.2 Å². The Morgan fingerprint density at radius 2 is 1.91 bits per heavy atom. The van der Waals surface area contributed by atoms with Crippen LogP contribution in [-0.4, -0.2) is 28.3 Å². The molecule has 1 N–H and O–H groups in total. The molecule has 0 unspecified atom stereocenters. The minimum absolute atomic E-state index is 0.142. The number of carbonyl (C=O) groups excluding carboxylic acids is 1. The number of benzene rings is 2. The first-order valence-corrected chi connectivity index (χ1v) is 12.3. The normalized spacial score (nSPS) is 14.5. The Kier molecular flexibility index (Phi) is 7.13. The van der Waals surface area contributed by atoms with Crippen LogP contribution in [0.15, 0.2) is 58.5 Å². The van der Waals surface area contributed by atoms with Crippen LogP contribution in [0.3, 0.4) is 0 Å². The van der Waals surface area contributed by atoms with Crippen molar-refractivity contribution in [1.82, 2.24) is 10.1 Å². The lowest BCUT2D eigenvalue weighted by Gasteiger charge is -2.31. The molecular weight excluding hydrogens is 436 g/mol. The van der Waals surface area contributed by atoms with Crippen LogP contribution in [0.5, 0.6) is 5.75 Å². The van der Waals surface area contributed by atoms with Crippen molar-refractivity contribution in [3.8, 4) is 17.0 Å². The number of fused-ring (bicyclic) bond motifs is 3. The van der Waals surface area contributed by atoms with Crippen LogP contribution in [0, 0.1) is 0 Å². The summed E-state index contributed by atoms with van der Waals surface area (Å²) in [5, 5.41) is 5.38. The van der Waals surface area contributed by atoms with Gasteiger partial charge < -0.3 is 4.74 Å². The molecule has 0 radical (unpaired) electrons. The van der Waals surface area contributed by atoms with E-state index < -0.39 is 6.17 Å². The summed E-state index contributed by atoms with van der Waals surface area (Å²) in [6.07, 6.45) is 2.66. The fraction of sp³-hybridized carbons (Fsp3) is 0.360. The van der Waals surface area contributed by atoms with Crippen LogP contribution >= 0.6 is 11.8 Å². The highest BCUT2D eigenvalue weighted by molar-refractivity contribution is 7.99. The van der Waals surface area contributed by atoms with Crippen LogP contribution in [0.4, 0.5) is 5.69 Å². The van der Waals surface area contributed by atoms with E-state index in [1.807, 2.05) is 55.5 Å². The lowest BCUT2D eigenvalue weighted by atomic mass is 10.0. The number of carbonyl (C=O) groups is 1. The molecule has 8 heteroatoms. The third-order valence-electron chi connectivity index (χ3n) is 5.58. The van der Waals surface area contributed by atoms with Crippen molar-refractivity contribution in [2.75, 3.05) is 17.3 Å². The summed E-state index contributed by atoms with van der Waals surface area (Å²) in [6.45, 7) is 6.10. The molecule has 2 aromatic carbocycles. The molecule has 1 aliphatic rings. The van der Waals surface area contributed by atoms with E-state index in [-0.39, 0.29) is 11.5 Å². The van der Waals surface area contributed by atoms with E-state index in [1.165, 1.54) is 18.7 Å². The van der Waals surface area contributed by atoms with Crippen LogP contribution < -0.4 is 19.9 Å². The maximum absolute atomic E-state index is 13.3. The topological polar surface area (TPSA) is 79.2 Å². The summed E-state index contributed by atoms with van der Waals surface area (Å²) in [6, 6.07) is 15.1. The molecule has 0 fully saturated rings. The van der Waals surface area contributed by atoms with Crippen molar-refractivity contribution >= 4 is 23.4 Å². The molecule has 1 atom stereocenters. The van der Waals surface area contributed by atoms with E-state index in [2.05, 4.69) is 11.9 Å². The van der Waals surface area contributed by atoms with Crippen LogP contribution in [0.2, 0.25) is 0 Å². The summed E-state index contributed by atoms with van der Waals surface area (Å²) in [5.41, 5.74) is 2.33. The van der Waals surface area contributed by atoms with Gasteiger partial charge in [0, 0.05) is 17.8 Å². The fourth-order valence-corrected chi connectivity index (χ4v) is 5.01. The van der Waals surface area contributed by atoms with Gasteiger partial charge in [-0.3, -0.25) is 14.6 Å². The van der Waals surface area contributed by atoms with E-state index in [0.29, 0.717) is 34.5 Å². The van der Waals surface area contributed by atoms with Crippen LogP contribution in [0.25, 0.3) is 11.3 Å². The maximum atomic E-state index is 13.3. The maximum Gasteiger partial charge on any atom is 0.325 e. The molecule has 7 nitrogen and oxygen atoms in total. The van der Waals surface area contributed by atoms with Crippen molar-refractivity contribution in [3.63, 3.8) is 0 Å². The second-order valence-corrected chi connectivity index (χ2v) is 8.94. The van der Waals surface area contributed by atoms with E-state index in [1.54, 1.807) is 9.58 Å². The summed E-state index contributed by atoms with van der Waals surface area (Å²) in [7, 11) is 0. The lowest BCUT2D eigenvalue weighted by molar-refractivity contribution is -0.763. The van der Waals surface area contributed by atoms with E-state index in [0.717, 1.165) is 30.6 Å². The summed E-state index contributed by atoms with van der Waals surface area (Å²) in [4.78, 5) is 31.0. The highest BCUT2D eigenvalue weighted by Crippen LogP contribution is 2.39. The van der Waals surface area contributed by atoms with Gasteiger partial charge in [0.2, 0.25) is 11.1 Å². The monoisotopic (exact) mass is 465 g/mol. The van der Waals surface area contributed by atoms with E-state index in [9.17, 15) is 9.59 Å². The number of ether oxygens (including phenoxy) is 1. The highest BCUT2D eigenvalue weighted by atomic mass is 32.2. The zero-order chi connectivity index (χ0) is 23.4. The second-order valence-electron chi connectivity index (χ2n) is 7.86. The third-order valence-corrected chi connectivity index (χ3v) is 6.53. The molecule has 1 aliphatic heterocycles. The summed E-state index contributed by atoms with van der Waals surface area (Å²) in [5.74, 6) is 1.38. The molecule has 4 rings (SSSR count). The molecule has 0 spiro atoms. The van der Waals surface area contributed by atoms with Gasteiger partial charge in [0.15, 0.2) is 0 Å². The van der Waals surface area contributed by atoms with Crippen molar-refractivity contribution in [2.24, 2.45) is 0 Å². The number of hydrogen-bond donors (Lipinski definition) is 1. The Morgan fingerprint density at radius 1 is 1.15 bits per heavy atom. The predicted octanol–water partition coefficient (Wildman–Crippen LogP) is 4.32. The Bertz CT molecular complexity index is 1210. The van der Waals surface area contributed by atoms with Gasteiger partial charge in [-0.15, -0.1) is 0 Å². The second kappa shape index (κ2) is 10.2. The van der Waals surface area contributed by atoms with Gasteiger partial charge in [-0.05, 0) is 42.3 Å². The molecule has 0 saturated heterocycles. The number of nitrogens with zero attached hydrogens (tertiary/aromatic N) is 3. The molecule has 172 valence electrons. The minimum atomic E-state index is -0.646. The average molecular weight is 466 g/mol. The Balaban J connectivity index is 1.94. The van der Waals surface area contributed by atoms with Gasteiger partial charge in [0.05, 0.1) is 23.4 Å². The van der Waals surface area contributed by atoms with Crippen LogP contribution in [-0.2, 0) is 4.79 Å². The number of rotatable bonds is 8. The zero-order valence-electron chi connectivity index (χ0n) is 19.2. The molecule has 0 bridgehead atoms. The standard InChI is InChI=1S/C25H28N4O3S/c1-4-6-11-16-33-25-26-23(31)22-18-12-7-9-14-20(18)28(17(3)30)24(29(22)27-25)19-13-8-10-15-21(19)32-5-2/h7-10,12-15,24H,4-6,11,16H2,1-3H3/p+1/t24-/m1/s1.